The number of nitriles is 1. The third kappa shape index (κ3) is 5.17. The van der Waals surface area contributed by atoms with Crippen LogP contribution in [0.2, 0.25) is 0 Å². The van der Waals surface area contributed by atoms with Crippen LogP contribution >= 0.6 is 0 Å². The van der Waals surface area contributed by atoms with Gasteiger partial charge in [0.1, 0.15) is 35.8 Å². The van der Waals surface area contributed by atoms with Gasteiger partial charge in [0.2, 0.25) is 5.91 Å². The molecule has 1 fully saturated rings. The molecule has 2 aromatic rings. The molecule has 9 nitrogen and oxygen atoms in total. The van der Waals surface area contributed by atoms with Gasteiger partial charge >= 0.3 is 5.97 Å². The molecule has 2 aliphatic rings. The Morgan fingerprint density at radius 1 is 1.12 bits per heavy atom. The first-order chi connectivity index (χ1) is 16.5. The Kier molecular flexibility index (Phi) is 7.07. The minimum atomic E-state index is -0.784. The van der Waals surface area contributed by atoms with E-state index in [9.17, 15) is 24.4 Å². The third-order valence-corrected chi connectivity index (χ3v) is 6.31. The number of carbonyl (C=O) groups excluding carboxylic acids is 3. The van der Waals surface area contributed by atoms with Gasteiger partial charge in [-0.05, 0) is 56.4 Å². The maximum absolute atomic E-state index is 13.1. The molecule has 0 radical (unpaired) electrons. The van der Waals surface area contributed by atoms with Crippen molar-refractivity contribution in [2.24, 2.45) is 5.92 Å². The van der Waals surface area contributed by atoms with Gasteiger partial charge in [-0.15, -0.1) is 0 Å². The van der Waals surface area contributed by atoms with E-state index in [1.165, 1.54) is 4.57 Å². The zero-order valence-electron chi connectivity index (χ0n) is 18.7. The number of nitrogens with zero attached hydrogens (tertiary/aromatic N) is 2. The summed E-state index contributed by atoms with van der Waals surface area (Å²) in [4.78, 5) is 50.1. The summed E-state index contributed by atoms with van der Waals surface area (Å²) in [5, 5.41) is 15.0. The lowest BCUT2D eigenvalue weighted by molar-refractivity contribution is -0.132. The molecule has 34 heavy (non-hydrogen) atoms. The molecular formula is C25H26N4O5. The smallest absolute Gasteiger partial charge is 0.330 e. The number of ether oxygens (including phenoxy) is 1. The fraction of sp³-hybridized carbons (Fsp3) is 0.400. The molecule has 9 heteroatoms. The zero-order valence-corrected chi connectivity index (χ0v) is 18.7. The minimum Gasteiger partial charge on any atom is -0.425 e. The van der Waals surface area contributed by atoms with E-state index >= 15 is 0 Å². The van der Waals surface area contributed by atoms with Crippen LogP contribution in [0, 0.1) is 17.2 Å². The summed E-state index contributed by atoms with van der Waals surface area (Å²) in [6.07, 6.45) is 3.34. The van der Waals surface area contributed by atoms with Crippen molar-refractivity contribution >= 4 is 23.3 Å². The molecule has 1 amide bonds. The van der Waals surface area contributed by atoms with Crippen molar-refractivity contribution in [3.8, 4) is 11.8 Å². The molecule has 1 saturated carbocycles. The number of aryl methyl sites for hydroxylation is 1. The van der Waals surface area contributed by atoms with E-state index in [1.807, 2.05) is 0 Å². The number of ketones is 1. The lowest BCUT2D eigenvalue weighted by Gasteiger charge is -2.20. The van der Waals surface area contributed by atoms with Crippen molar-refractivity contribution in [1.82, 2.24) is 9.88 Å². The predicted octanol–water partition coefficient (Wildman–Crippen LogP) is 2.12. The standard InChI is InChI=1S/C25H26N4O5/c26-14-17(13-16-5-4-8-22(16)30)28-24(32)21-12-10-18-9-11-20(25(33)29(18)21)27-15-23(31)34-19-6-2-1-3-7-19/h1-3,6-7,9,11,16-17,21,27H,4-5,8,10,12-13,15H2,(H,28,32)/t16-,17-,21?/m0/s1. The highest BCUT2D eigenvalue weighted by Crippen LogP contribution is 2.27. The number of para-hydroxylation sites is 1. The SMILES string of the molecule is N#C[C@H](C[C@@H]1CCCC1=O)NC(=O)C1CCc2ccc(NCC(=O)Oc3ccccc3)c(=O)n21. The topological polar surface area (TPSA) is 130 Å². The molecule has 0 saturated heterocycles. The predicted molar refractivity (Wildman–Crippen MR) is 123 cm³/mol. The summed E-state index contributed by atoms with van der Waals surface area (Å²) in [7, 11) is 0. The van der Waals surface area contributed by atoms with Crippen molar-refractivity contribution in [3.63, 3.8) is 0 Å². The average Bonchev–Trinajstić information content (AvgIpc) is 3.45. The number of amides is 1. The van der Waals surface area contributed by atoms with Gasteiger partial charge in [0, 0.05) is 18.0 Å². The number of hydrogen-bond donors (Lipinski definition) is 2. The Labute approximate surface area is 196 Å². The lowest BCUT2D eigenvalue weighted by atomic mass is 9.98. The van der Waals surface area contributed by atoms with Crippen LogP contribution in [-0.4, -0.2) is 34.8 Å². The largest absolute Gasteiger partial charge is 0.425 e. The van der Waals surface area contributed by atoms with Crippen LogP contribution in [0.3, 0.4) is 0 Å². The molecule has 1 aromatic heterocycles. The van der Waals surface area contributed by atoms with Gasteiger partial charge in [0.15, 0.2) is 0 Å². The average molecular weight is 463 g/mol. The summed E-state index contributed by atoms with van der Waals surface area (Å²) in [5.41, 5.74) is 0.478. The molecule has 2 N–H and O–H groups in total. The van der Waals surface area contributed by atoms with Gasteiger partial charge in [0.25, 0.3) is 5.56 Å². The first kappa shape index (κ1) is 23.2. The van der Waals surface area contributed by atoms with Crippen molar-refractivity contribution in [2.75, 3.05) is 11.9 Å². The molecule has 1 unspecified atom stereocenters. The number of rotatable bonds is 8. The van der Waals surface area contributed by atoms with Gasteiger partial charge in [-0.1, -0.05) is 18.2 Å². The lowest BCUT2D eigenvalue weighted by Crippen LogP contribution is -2.42. The summed E-state index contributed by atoms with van der Waals surface area (Å²) in [6.45, 7) is -0.216. The second-order valence-electron chi connectivity index (χ2n) is 8.59. The summed E-state index contributed by atoms with van der Waals surface area (Å²) in [5.74, 6) is -0.626. The number of carbonyl (C=O) groups is 3. The second-order valence-corrected chi connectivity index (χ2v) is 8.59. The van der Waals surface area contributed by atoms with Gasteiger partial charge in [-0.2, -0.15) is 5.26 Å². The highest BCUT2D eigenvalue weighted by Gasteiger charge is 2.33. The fourth-order valence-corrected chi connectivity index (χ4v) is 4.59. The quantitative estimate of drug-likeness (QED) is 0.454. The monoisotopic (exact) mass is 462 g/mol. The molecule has 4 rings (SSSR count). The Balaban J connectivity index is 1.41. The van der Waals surface area contributed by atoms with Gasteiger partial charge in [-0.25, -0.2) is 4.79 Å². The number of fused-ring (bicyclic) bond motifs is 1. The Bertz CT molecular complexity index is 1180. The second kappa shape index (κ2) is 10.3. The Morgan fingerprint density at radius 2 is 1.91 bits per heavy atom. The van der Waals surface area contributed by atoms with Crippen molar-refractivity contribution < 1.29 is 19.1 Å². The molecule has 1 aliphatic carbocycles. The third-order valence-electron chi connectivity index (χ3n) is 6.31. The maximum atomic E-state index is 13.1. The van der Waals surface area contributed by atoms with Crippen LogP contribution in [0.5, 0.6) is 5.75 Å². The van der Waals surface area contributed by atoms with Crippen LogP contribution in [-0.2, 0) is 20.8 Å². The molecule has 1 aliphatic heterocycles. The number of pyridine rings is 1. The van der Waals surface area contributed by atoms with Crippen LogP contribution in [0.25, 0.3) is 0 Å². The van der Waals surface area contributed by atoms with Gasteiger partial charge in [-0.3, -0.25) is 19.0 Å². The van der Waals surface area contributed by atoms with E-state index in [1.54, 1.807) is 42.5 Å². The van der Waals surface area contributed by atoms with E-state index in [0.717, 1.165) is 12.8 Å². The van der Waals surface area contributed by atoms with Gasteiger partial charge in [0.05, 0.1) is 6.07 Å². The molecule has 0 bridgehead atoms. The number of Topliss-reactive ketones (excluding diaryl/α,β-unsaturated/α-hetero) is 1. The first-order valence-electron chi connectivity index (χ1n) is 11.4. The van der Waals surface area contributed by atoms with Crippen LogP contribution in [0.4, 0.5) is 5.69 Å². The molecular weight excluding hydrogens is 436 g/mol. The number of nitrogens with one attached hydrogen (secondary N) is 2. The highest BCUT2D eigenvalue weighted by molar-refractivity contribution is 5.84. The van der Waals surface area contributed by atoms with Crippen molar-refractivity contribution in [3.05, 3.63) is 58.5 Å². The maximum Gasteiger partial charge on any atom is 0.330 e. The minimum absolute atomic E-state index is 0.137. The number of benzene rings is 1. The number of esters is 1. The first-order valence-corrected chi connectivity index (χ1v) is 11.4. The van der Waals surface area contributed by atoms with E-state index in [2.05, 4.69) is 16.7 Å². The van der Waals surface area contributed by atoms with E-state index in [0.29, 0.717) is 37.1 Å². The Hall–Kier alpha value is -3.93. The Morgan fingerprint density at radius 3 is 2.62 bits per heavy atom. The van der Waals surface area contributed by atoms with Crippen LogP contribution in [0.15, 0.2) is 47.3 Å². The van der Waals surface area contributed by atoms with Crippen molar-refractivity contribution in [1.29, 1.82) is 5.26 Å². The zero-order chi connectivity index (χ0) is 24.1. The summed E-state index contributed by atoms with van der Waals surface area (Å²) in [6, 6.07) is 12.5. The van der Waals surface area contributed by atoms with Crippen LogP contribution in [0.1, 0.15) is 43.8 Å². The molecule has 1 aromatic carbocycles. The normalized spacial score (nSPS) is 19.7. The number of aromatic nitrogens is 1. The summed E-state index contributed by atoms with van der Waals surface area (Å²) >= 11 is 0. The van der Waals surface area contributed by atoms with Crippen molar-refractivity contribution in [2.45, 2.75) is 50.6 Å². The number of anilines is 1. The van der Waals surface area contributed by atoms with Gasteiger partial charge < -0.3 is 15.4 Å². The molecule has 3 atom stereocenters. The van der Waals surface area contributed by atoms with E-state index < -0.39 is 29.5 Å². The summed E-state index contributed by atoms with van der Waals surface area (Å²) < 4.78 is 6.63. The van der Waals surface area contributed by atoms with E-state index in [-0.39, 0.29) is 23.9 Å². The highest BCUT2D eigenvalue weighted by atomic mass is 16.5. The van der Waals surface area contributed by atoms with Crippen LogP contribution < -0.4 is 20.9 Å². The molecule has 176 valence electrons. The van der Waals surface area contributed by atoms with E-state index in [4.69, 9.17) is 4.74 Å². The fourth-order valence-electron chi connectivity index (χ4n) is 4.59. The number of hydrogen-bond acceptors (Lipinski definition) is 7. The molecule has 2 heterocycles. The molecule has 0 spiro atoms.